The van der Waals surface area contributed by atoms with Crippen LogP contribution >= 0.6 is 0 Å². The van der Waals surface area contributed by atoms with E-state index in [1.807, 2.05) is 24.3 Å². The minimum Gasteiger partial charge on any atom is -0.489 e. The van der Waals surface area contributed by atoms with Gasteiger partial charge in [0.05, 0.1) is 0 Å². The minimum atomic E-state index is 0.159. The summed E-state index contributed by atoms with van der Waals surface area (Å²) in [5.41, 5.74) is 8.13. The highest BCUT2D eigenvalue weighted by atomic mass is 16.5. The van der Waals surface area contributed by atoms with Gasteiger partial charge in [0.25, 0.3) is 0 Å². The summed E-state index contributed by atoms with van der Waals surface area (Å²) in [5, 5.41) is 0. The molecule has 19 heavy (non-hydrogen) atoms. The van der Waals surface area contributed by atoms with Gasteiger partial charge in [-0.2, -0.15) is 0 Å². The first kappa shape index (κ1) is 13.4. The molecule has 0 aliphatic carbocycles. The van der Waals surface area contributed by atoms with Crippen LogP contribution < -0.4 is 10.5 Å². The maximum absolute atomic E-state index is 5.77. The lowest BCUT2D eigenvalue weighted by Gasteiger charge is -2.19. The third-order valence-electron chi connectivity index (χ3n) is 3.04. The number of nitrogen functional groups attached to an aromatic ring is 1. The molecule has 2 aromatic rings. The predicted octanol–water partition coefficient (Wildman–Crippen LogP) is 3.54. The largest absolute Gasteiger partial charge is 0.489 e. The molecule has 0 atom stereocenters. The van der Waals surface area contributed by atoms with Crippen LogP contribution in [0.2, 0.25) is 0 Å². The number of benzene rings is 1. The Morgan fingerprint density at radius 2 is 1.79 bits per heavy atom. The van der Waals surface area contributed by atoms with Crippen molar-refractivity contribution >= 4 is 5.82 Å². The van der Waals surface area contributed by atoms with Crippen molar-refractivity contribution in [3.05, 3.63) is 53.7 Å². The van der Waals surface area contributed by atoms with Crippen molar-refractivity contribution in [3.63, 3.8) is 0 Å². The summed E-state index contributed by atoms with van der Waals surface area (Å²) in [6, 6.07) is 12.0. The van der Waals surface area contributed by atoms with Crippen molar-refractivity contribution in [2.75, 3.05) is 5.73 Å². The molecule has 0 aliphatic rings. The molecular weight excluding hydrogens is 236 g/mol. The number of hydrogen-bond donors (Lipinski definition) is 1. The van der Waals surface area contributed by atoms with E-state index in [2.05, 4.69) is 37.9 Å². The predicted molar refractivity (Wildman–Crippen MR) is 78.1 cm³/mol. The summed E-state index contributed by atoms with van der Waals surface area (Å²) in [6.07, 6.45) is 1.68. The number of ether oxygens (including phenoxy) is 1. The number of aromatic nitrogens is 1. The lowest BCUT2D eigenvalue weighted by molar-refractivity contribution is 0.306. The van der Waals surface area contributed by atoms with Gasteiger partial charge in [-0.3, -0.25) is 0 Å². The van der Waals surface area contributed by atoms with Gasteiger partial charge in [-0.15, -0.1) is 0 Å². The van der Waals surface area contributed by atoms with E-state index in [1.54, 1.807) is 6.20 Å². The monoisotopic (exact) mass is 256 g/mol. The van der Waals surface area contributed by atoms with Crippen molar-refractivity contribution in [1.82, 2.24) is 4.98 Å². The Morgan fingerprint density at radius 1 is 1.11 bits per heavy atom. The zero-order chi connectivity index (χ0) is 13.9. The van der Waals surface area contributed by atoms with Gasteiger partial charge < -0.3 is 10.5 Å². The topological polar surface area (TPSA) is 48.1 Å². The molecule has 3 nitrogen and oxygen atoms in total. The number of nitrogens with two attached hydrogens (primary N) is 1. The van der Waals surface area contributed by atoms with Crippen LogP contribution in [0, 0.1) is 0 Å². The number of nitrogens with zero attached hydrogens (tertiary/aromatic N) is 1. The Labute approximate surface area is 114 Å². The molecule has 0 fully saturated rings. The van der Waals surface area contributed by atoms with Gasteiger partial charge in [0.2, 0.25) is 0 Å². The molecule has 1 heterocycles. The number of anilines is 1. The first-order valence-corrected chi connectivity index (χ1v) is 6.39. The van der Waals surface area contributed by atoms with Gasteiger partial charge in [0, 0.05) is 11.8 Å². The van der Waals surface area contributed by atoms with Crippen LogP contribution in [0.15, 0.2) is 42.6 Å². The third kappa shape index (κ3) is 3.47. The maximum Gasteiger partial charge on any atom is 0.129 e. The summed E-state index contributed by atoms with van der Waals surface area (Å²) < 4.78 is 5.72. The average Bonchev–Trinajstić information content (AvgIpc) is 2.37. The van der Waals surface area contributed by atoms with Crippen molar-refractivity contribution in [1.29, 1.82) is 0 Å². The average molecular weight is 256 g/mol. The molecule has 0 radical (unpaired) electrons. The zero-order valence-electron chi connectivity index (χ0n) is 11.7. The van der Waals surface area contributed by atoms with Gasteiger partial charge in [0.1, 0.15) is 18.2 Å². The Kier molecular flexibility index (Phi) is 3.74. The molecule has 0 saturated heterocycles. The first-order valence-electron chi connectivity index (χ1n) is 6.39. The second kappa shape index (κ2) is 5.31. The van der Waals surface area contributed by atoms with Crippen LogP contribution in [-0.2, 0) is 12.0 Å². The standard InChI is InChI=1S/C16H20N2O/c1-16(2,3)13-6-8-14(9-7-13)19-11-12-5-4-10-18-15(12)17/h4-10H,11H2,1-3H3,(H2,17,18). The highest BCUT2D eigenvalue weighted by Crippen LogP contribution is 2.24. The van der Waals surface area contributed by atoms with E-state index >= 15 is 0 Å². The molecule has 0 aliphatic heterocycles. The fraction of sp³-hybridized carbons (Fsp3) is 0.312. The molecule has 0 unspecified atom stereocenters. The van der Waals surface area contributed by atoms with Crippen LogP contribution in [0.3, 0.4) is 0 Å². The van der Waals surface area contributed by atoms with Crippen molar-refractivity contribution in [2.45, 2.75) is 32.8 Å². The van der Waals surface area contributed by atoms with Crippen LogP contribution in [0.25, 0.3) is 0 Å². The lowest BCUT2D eigenvalue weighted by atomic mass is 9.87. The molecule has 1 aromatic carbocycles. The van der Waals surface area contributed by atoms with Gasteiger partial charge in [-0.25, -0.2) is 4.98 Å². The fourth-order valence-corrected chi connectivity index (χ4v) is 1.79. The van der Waals surface area contributed by atoms with E-state index in [0.717, 1.165) is 11.3 Å². The van der Waals surface area contributed by atoms with E-state index in [9.17, 15) is 0 Å². The van der Waals surface area contributed by atoms with Crippen molar-refractivity contribution < 1.29 is 4.74 Å². The summed E-state index contributed by atoms with van der Waals surface area (Å²) in [6.45, 7) is 7.02. The normalized spacial score (nSPS) is 11.3. The van der Waals surface area contributed by atoms with E-state index in [4.69, 9.17) is 10.5 Å². The third-order valence-corrected chi connectivity index (χ3v) is 3.04. The van der Waals surface area contributed by atoms with Gasteiger partial charge in [-0.1, -0.05) is 39.0 Å². The minimum absolute atomic E-state index is 0.159. The molecule has 0 spiro atoms. The highest BCUT2D eigenvalue weighted by molar-refractivity contribution is 5.38. The van der Waals surface area contributed by atoms with Crippen LogP contribution in [0.4, 0.5) is 5.82 Å². The van der Waals surface area contributed by atoms with Crippen LogP contribution in [-0.4, -0.2) is 4.98 Å². The SMILES string of the molecule is CC(C)(C)c1ccc(OCc2cccnc2N)cc1. The summed E-state index contributed by atoms with van der Waals surface area (Å²) in [4.78, 5) is 4.04. The van der Waals surface area contributed by atoms with E-state index < -0.39 is 0 Å². The second-order valence-corrected chi connectivity index (χ2v) is 5.61. The smallest absolute Gasteiger partial charge is 0.129 e. The molecule has 2 N–H and O–H groups in total. The molecule has 100 valence electrons. The number of hydrogen-bond acceptors (Lipinski definition) is 3. The summed E-state index contributed by atoms with van der Waals surface area (Å²) >= 11 is 0. The van der Waals surface area contributed by atoms with Crippen molar-refractivity contribution in [3.8, 4) is 5.75 Å². The van der Waals surface area contributed by atoms with Gasteiger partial charge in [0.15, 0.2) is 0 Å². The molecule has 1 aromatic heterocycles. The fourth-order valence-electron chi connectivity index (χ4n) is 1.79. The van der Waals surface area contributed by atoms with Crippen LogP contribution in [0.1, 0.15) is 31.9 Å². The molecule has 3 heteroatoms. The van der Waals surface area contributed by atoms with E-state index in [0.29, 0.717) is 12.4 Å². The number of pyridine rings is 1. The van der Waals surface area contributed by atoms with E-state index in [-0.39, 0.29) is 5.41 Å². The molecular formula is C16H20N2O. The molecule has 2 rings (SSSR count). The first-order chi connectivity index (χ1) is 8.97. The maximum atomic E-state index is 5.77. The lowest BCUT2D eigenvalue weighted by Crippen LogP contribution is -2.10. The second-order valence-electron chi connectivity index (χ2n) is 5.61. The van der Waals surface area contributed by atoms with Crippen molar-refractivity contribution in [2.24, 2.45) is 0 Å². The van der Waals surface area contributed by atoms with Crippen LogP contribution in [0.5, 0.6) is 5.75 Å². The van der Waals surface area contributed by atoms with Gasteiger partial charge in [-0.05, 0) is 29.2 Å². The Morgan fingerprint density at radius 3 is 2.37 bits per heavy atom. The highest BCUT2D eigenvalue weighted by Gasteiger charge is 2.12. The zero-order valence-corrected chi connectivity index (χ0v) is 11.7. The molecule has 0 bridgehead atoms. The molecule has 0 amide bonds. The van der Waals surface area contributed by atoms with E-state index in [1.165, 1.54) is 5.56 Å². The number of rotatable bonds is 3. The Balaban J connectivity index is 2.03. The Bertz CT molecular complexity index is 541. The van der Waals surface area contributed by atoms with Gasteiger partial charge >= 0.3 is 0 Å². The summed E-state index contributed by atoms with van der Waals surface area (Å²) in [7, 11) is 0. The molecule has 0 saturated carbocycles. The quantitative estimate of drug-likeness (QED) is 0.913. The Hall–Kier alpha value is -2.03. The summed E-state index contributed by atoms with van der Waals surface area (Å²) in [5.74, 6) is 1.37.